The maximum atomic E-state index is 12.8. The quantitative estimate of drug-likeness (QED) is 0.800. The van der Waals surface area contributed by atoms with Gasteiger partial charge in [0, 0.05) is 24.3 Å². The molecule has 1 heterocycles. The second-order valence-corrected chi connectivity index (χ2v) is 5.17. The molecule has 1 aromatic carbocycles. The number of nitrogens with one attached hydrogen (secondary N) is 2. The van der Waals surface area contributed by atoms with Gasteiger partial charge in [0.1, 0.15) is 0 Å². The standard InChI is InChI=1S/C14H16ClF3N2/c1-3-8(2)12-7-19-6-9-11(20-12)5-4-10(13(9)15)14(16,17)18/h4-5,12,19-20H,2-3,6-7H2,1H3. The summed E-state index contributed by atoms with van der Waals surface area (Å²) in [7, 11) is 0. The Morgan fingerprint density at radius 1 is 1.45 bits per heavy atom. The average molecular weight is 305 g/mol. The third kappa shape index (κ3) is 2.94. The first-order chi connectivity index (χ1) is 9.34. The summed E-state index contributed by atoms with van der Waals surface area (Å²) in [6.07, 6.45) is -3.63. The highest BCUT2D eigenvalue weighted by Crippen LogP contribution is 2.39. The van der Waals surface area contributed by atoms with E-state index in [1.807, 2.05) is 6.92 Å². The van der Waals surface area contributed by atoms with Crippen molar-refractivity contribution in [1.29, 1.82) is 0 Å². The third-order valence-corrected chi connectivity index (χ3v) is 3.91. The van der Waals surface area contributed by atoms with E-state index in [4.69, 9.17) is 11.6 Å². The molecule has 2 N–H and O–H groups in total. The molecule has 0 aliphatic carbocycles. The Kier molecular flexibility index (Phi) is 4.30. The number of benzene rings is 1. The average Bonchev–Trinajstić information content (AvgIpc) is 2.59. The van der Waals surface area contributed by atoms with Crippen LogP contribution in [-0.4, -0.2) is 12.6 Å². The molecule has 1 aromatic rings. The van der Waals surface area contributed by atoms with Crippen LogP contribution in [0.3, 0.4) is 0 Å². The van der Waals surface area contributed by atoms with Crippen molar-refractivity contribution in [2.24, 2.45) is 0 Å². The molecule has 1 aliphatic rings. The summed E-state index contributed by atoms with van der Waals surface area (Å²) in [6, 6.07) is 2.45. The van der Waals surface area contributed by atoms with Crippen molar-refractivity contribution in [2.45, 2.75) is 32.1 Å². The number of anilines is 1. The fourth-order valence-corrected chi connectivity index (χ4v) is 2.56. The molecule has 0 spiro atoms. The van der Waals surface area contributed by atoms with E-state index in [0.29, 0.717) is 24.3 Å². The Hall–Kier alpha value is -1.20. The van der Waals surface area contributed by atoms with Gasteiger partial charge >= 0.3 is 6.18 Å². The van der Waals surface area contributed by atoms with Crippen LogP contribution in [0.4, 0.5) is 18.9 Å². The molecule has 0 amide bonds. The van der Waals surface area contributed by atoms with Crippen molar-refractivity contribution in [3.05, 3.63) is 40.4 Å². The fraction of sp³-hybridized carbons (Fsp3) is 0.429. The van der Waals surface area contributed by atoms with Gasteiger partial charge in [-0.25, -0.2) is 0 Å². The number of halogens is 4. The van der Waals surface area contributed by atoms with Gasteiger partial charge in [0.05, 0.1) is 16.6 Å². The lowest BCUT2D eigenvalue weighted by Crippen LogP contribution is -2.31. The molecule has 0 fully saturated rings. The summed E-state index contributed by atoms with van der Waals surface area (Å²) in [5.74, 6) is 0. The summed E-state index contributed by atoms with van der Waals surface area (Å²) in [5.41, 5.74) is 1.29. The van der Waals surface area contributed by atoms with Crippen LogP contribution in [0.15, 0.2) is 24.3 Å². The first kappa shape index (κ1) is 15.2. The van der Waals surface area contributed by atoms with Gasteiger partial charge in [-0.05, 0) is 18.6 Å². The molecule has 2 nitrogen and oxygen atoms in total. The smallest absolute Gasteiger partial charge is 0.377 e. The number of alkyl halides is 3. The first-order valence-electron chi connectivity index (χ1n) is 6.38. The molecule has 0 radical (unpaired) electrons. The molecule has 0 saturated heterocycles. The van der Waals surface area contributed by atoms with Crippen LogP contribution in [0.25, 0.3) is 0 Å². The second kappa shape index (κ2) is 5.66. The van der Waals surface area contributed by atoms with Crippen molar-refractivity contribution in [2.75, 3.05) is 11.9 Å². The maximum Gasteiger partial charge on any atom is 0.417 e. The van der Waals surface area contributed by atoms with Gasteiger partial charge in [0.2, 0.25) is 0 Å². The zero-order chi connectivity index (χ0) is 14.9. The zero-order valence-electron chi connectivity index (χ0n) is 11.1. The van der Waals surface area contributed by atoms with Gasteiger partial charge in [0.25, 0.3) is 0 Å². The molecule has 1 unspecified atom stereocenters. The maximum absolute atomic E-state index is 12.8. The van der Waals surface area contributed by atoms with E-state index in [9.17, 15) is 13.2 Å². The van der Waals surface area contributed by atoms with Gasteiger partial charge < -0.3 is 10.6 Å². The molecule has 110 valence electrons. The molecule has 6 heteroatoms. The molecule has 20 heavy (non-hydrogen) atoms. The van der Waals surface area contributed by atoms with Gasteiger partial charge in [-0.3, -0.25) is 0 Å². The molecule has 1 atom stereocenters. The topological polar surface area (TPSA) is 24.1 Å². The van der Waals surface area contributed by atoms with E-state index in [1.54, 1.807) is 0 Å². The van der Waals surface area contributed by atoms with Crippen LogP contribution in [-0.2, 0) is 12.7 Å². The minimum Gasteiger partial charge on any atom is -0.377 e. The summed E-state index contributed by atoms with van der Waals surface area (Å²) < 4.78 is 38.5. The van der Waals surface area contributed by atoms with Crippen molar-refractivity contribution < 1.29 is 13.2 Å². The van der Waals surface area contributed by atoms with Crippen molar-refractivity contribution in [3.63, 3.8) is 0 Å². The van der Waals surface area contributed by atoms with E-state index in [0.717, 1.165) is 18.1 Å². The van der Waals surface area contributed by atoms with E-state index in [-0.39, 0.29) is 11.1 Å². The highest BCUT2D eigenvalue weighted by atomic mass is 35.5. The summed E-state index contributed by atoms with van der Waals surface area (Å²) >= 11 is 5.92. The second-order valence-electron chi connectivity index (χ2n) is 4.79. The Morgan fingerprint density at radius 3 is 2.75 bits per heavy atom. The van der Waals surface area contributed by atoms with Crippen LogP contribution in [0.5, 0.6) is 0 Å². The van der Waals surface area contributed by atoms with Gasteiger partial charge in [-0.15, -0.1) is 0 Å². The van der Waals surface area contributed by atoms with E-state index < -0.39 is 11.7 Å². The van der Waals surface area contributed by atoms with Crippen LogP contribution in [0.2, 0.25) is 5.02 Å². The highest BCUT2D eigenvalue weighted by Gasteiger charge is 2.35. The Labute approximate surface area is 121 Å². The first-order valence-corrected chi connectivity index (χ1v) is 6.76. The monoisotopic (exact) mass is 304 g/mol. The lowest BCUT2D eigenvalue weighted by molar-refractivity contribution is -0.137. The van der Waals surface area contributed by atoms with Crippen molar-refractivity contribution >= 4 is 17.3 Å². The Bertz CT molecular complexity index is 526. The van der Waals surface area contributed by atoms with Crippen LogP contribution in [0.1, 0.15) is 24.5 Å². The molecule has 2 rings (SSSR count). The fourth-order valence-electron chi connectivity index (χ4n) is 2.22. The highest BCUT2D eigenvalue weighted by molar-refractivity contribution is 6.32. The molecule has 0 bridgehead atoms. The third-order valence-electron chi connectivity index (χ3n) is 3.48. The summed E-state index contributed by atoms with van der Waals surface area (Å²) in [5, 5.41) is 6.09. The largest absolute Gasteiger partial charge is 0.417 e. The zero-order valence-corrected chi connectivity index (χ0v) is 11.8. The minimum absolute atomic E-state index is 0.00551. The van der Waals surface area contributed by atoms with E-state index in [2.05, 4.69) is 17.2 Å². The molecule has 0 aromatic heterocycles. The van der Waals surface area contributed by atoms with E-state index in [1.165, 1.54) is 6.07 Å². The van der Waals surface area contributed by atoms with Crippen molar-refractivity contribution in [1.82, 2.24) is 5.32 Å². The number of hydrogen-bond acceptors (Lipinski definition) is 2. The lowest BCUT2D eigenvalue weighted by atomic mass is 10.1. The van der Waals surface area contributed by atoms with Gasteiger partial charge in [-0.2, -0.15) is 13.2 Å². The summed E-state index contributed by atoms with van der Waals surface area (Å²) in [4.78, 5) is 0. The number of hydrogen-bond donors (Lipinski definition) is 2. The van der Waals surface area contributed by atoms with E-state index >= 15 is 0 Å². The normalized spacial score (nSPS) is 18.9. The Balaban J connectivity index is 2.39. The molecular formula is C14H16ClF3N2. The SMILES string of the molecule is C=C(CC)C1CNCc2c(ccc(C(F)(F)F)c2Cl)N1. The molecule has 1 aliphatic heterocycles. The number of rotatable bonds is 2. The van der Waals surface area contributed by atoms with Crippen LogP contribution < -0.4 is 10.6 Å². The lowest BCUT2D eigenvalue weighted by Gasteiger charge is -2.20. The molecular weight excluding hydrogens is 289 g/mol. The van der Waals surface area contributed by atoms with Crippen LogP contribution >= 0.6 is 11.6 Å². The van der Waals surface area contributed by atoms with Gasteiger partial charge in [-0.1, -0.05) is 30.7 Å². The Morgan fingerprint density at radius 2 is 2.15 bits per heavy atom. The minimum atomic E-state index is -4.44. The van der Waals surface area contributed by atoms with Crippen LogP contribution in [0, 0.1) is 0 Å². The number of fused-ring (bicyclic) bond motifs is 1. The predicted molar refractivity (Wildman–Crippen MR) is 75.0 cm³/mol. The van der Waals surface area contributed by atoms with Crippen molar-refractivity contribution in [3.8, 4) is 0 Å². The molecule has 0 saturated carbocycles. The van der Waals surface area contributed by atoms with Gasteiger partial charge in [0.15, 0.2) is 0 Å². The summed E-state index contributed by atoms with van der Waals surface area (Å²) in [6.45, 7) is 6.89. The predicted octanol–water partition coefficient (Wildman–Crippen LogP) is 4.21.